The number of ketones is 1. The number of likely N-dealkylation sites (tertiary alicyclic amines) is 1. The minimum Gasteiger partial charge on any atom is -0.507 e. The van der Waals surface area contributed by atoms with E-state index in [1.807, 2.05) is 32.9 Å². The number of nitrogens with zero attached hydrogens (tertiary/aromatic N) is 1. The van der Waals surface area contributed by atoms with E-state index < -0.39 is 17.7 Å². The minimum atomic E-state index is -0.725. The van der Waals surface area contributed by atoms with E-state index in [9.17, 15) is 14.7 Å². The summed E-state index contributed by atoms with van der Waals surface area (Å²) in [6.07, 6.45) is 1.60. The predicted molar refractivity (Wildman–Crippen MR) is 124 cm³/mol. The van der Waals surface area contributed by atoms with Gasteiger partial charge in [-0.15, -0.1) is 0 Å². The van der Waals surface area contributed by atoms with Gasteiger partial charge in [-0.05, 0) is 55.7 Å². The lowest BCUT2D eigenvalue weighted by Gasteiger charge is -2.25. The number of carbonyl (C=O) groups excluding carboxylic acids is 2. The van der Waals surface area contributed by atoms with Crippen LogP contribution >= 0.6 is 11.6 Å². The maximum Gasteiger partial charge on any atom is 0.295 e. The van der Waals surface area contributed by atoms with Crippen LogP contribution in [0.1, 0.15) is 49.4 Å². The zero-order chi connectivity index (χ0) is 23.4. The van der Waals surface area contributed by atoms with Crippen LogP contribution in [0.3, 0.4) is 0 Å². The Labute approximate surface area is 193 Å². The number of ether oxygens (including phenoxy) is 2. The fourth-order valence-electron chi connectivity index (χ4n) is 3.96. The van der Waals surface area contributed by atoms with Crippen LogP contribution in [0.4, 0.5) is 0 Å². The van der Waals surface area contributed by atoms with E-state index in [0.717, 1.165) is 18.4 Å². The molecule has 0 aromatic heterocycles. The SMILES string of the molecule is CCCCN1C(=O)C(=O)/C(=C(/O)c2cc(C)cc(Cl)c2OC)C1c1ccc(OCC)cc1. The number of rotatable bonds is 8. The van der Waals surface area contributed by atoms with Crippen molar-refractivity contribution in [3.8, 4) is 11.5 Å². The normalized spacial score (nSPS) is 17.7. The fraction of sp³-hybridized carbons (Fsp3) is 0.360. The van der Waals surface area contributed by atoms with Gasteiger partial charge in [0.2, 0.25) is 0 Å². The van der Waals surface area contributed by atoms with Crippen molar-refractivity contribution in [1.29, 1.82) is 0 Å². The number of carbonyl (C=O) groups is 2. The first-order valence-corrected chi connectivity index (χ1v) is 11.1. The quantitative estimate of drug-likeness (QED) is 0.331. The maximum absolute atomic E-state index is 13.1. The summed E-state index contributed by atoms with van der Waals surface area (Å²) in [7, 11) is 1.44. The molecule has 2 aromatic rings. The van der Waals surface area contributed by atoms with Crippen molar-refractivity contribution in [2.24, 2.45) is 0 Å². The van der Waals surface area contributed by atoms with E-state index in [0.29, 0.717) is 29.5 Å². The van der Waals surface area contributed by atoms with Gasteiger partial charge in [0.25, 0.3) is 11.7 Å². The van der Waals surface area contributed by atoms with E-state index in [1.54, 1.807) is 24.3 Å². The number of benzene rings is 2. The number of aryl methyl sites for hydroxylation is 1. The van der Waals surface area contributed by atoms with Gasteiger partial charge >= 0.3 is 0 Å². The van der Waals surface area contributed by atoms with Crippen molar-refractivity contribution in [2.75, 3.05) is 20.3 Å². The van der Waals surface area contributed by atoms with Crippen LogP contribution in [0.2, 0.25) is 5.02 Å². The highest BCUT2D eigenvalue weighted by Crippen LogP contribution is 2.43. The Hall–Kier alpha value is -2.99. The first-order chi connectivity index (χ1) is 15.3. The Morgan fingerprint density at radius 2 is 1.84 bits per heavy atom. The molecule has 32 heavy (non-hydrogen) atoms. The number of methoxy groups -OCH3 is 1. The summed E-state index contributed by atoms with van der Waals surface area (Å²) in [5.74, 6) is -0.716. The molecule has 6 nitrogen and oxygen atoms in total. The highest BCUT2D eigenvalue weighted by molar-refractivity contribution is 6.46. The number of unbranched alkanes of at least 4 members (excludes halogenated alkanes) is 1. The smallest absolute Gasteiger partial charge is 0.295 e. The molecule has 1 heterocycles. The van der Waals surface area contributed by atoms with Crippen LogP contribution in [0.15, 0.2) is 42.0 Å². The molecule has 0 radical (unpaired) electrons. The summed E-state index contributed by atoms with van der Waals surface area (Å²) >= 11 is 6.31. The lowest BCUT2D eigenvalue weighted by molar-refractivity contribution is -0.139. The van der Waals surface area contributed by atoms with E-state index in [-0.39, 0.29) is 22.6 Å². The van der Waals surface area contributed by atoms with Crippen LogP contribution in [0, 0.1) is 6.92 Å². The molecule has 1 N–H and O–H groups in total. The Morgan fingerprint density at radius 3 is 2.44 bits per heavy atom. The van der Waals surface area contributed by atoms with Crippen LogP contribution in [-0.4, -0.2) is 42.0 Å². The summed E-state index contributed by atoms with van der Waals surface area (Å²) < 4.78 is 10.9. The fourth-order valence-corrected chi connectivity index (χ4v) is 4.31. The number of aliphatic hydroxyl groups excluding tert-OH is 1. The number of hydrogen-bond donors (Lipinski definition) is 1. The summed E-state index contributed by atoms with van der Waals surface area (Å²) in [5.41, 5.74) is 1.80. The molecule has 1 unspecified atom stereocenters. The van der Waals surface area contributed by atoms with Crippen molar-refractivity contribution in [2.45, 2.75) is 39.7 Å². The van der Waals surface area contributed by atoms with Gasteiger partial charge in [-0.3, -0.25) is 9.59 Å². The van der Waals surface area contributed by atoms with Gasteiger partial charge in [-0.25, -0.2) is 0 Å². The Bertz CT molecular complexity index is 1050. The predicted octanol–water partition coefficient (Wildman–Crippen LogP) is 5.28. The third kappa shape index (κ3) is 4.46. The van der Waals surface area contributed by atoms with Gasteiger partial charge in [-0.2, -0.15) is 0 Å². The Morgan fingerprint density at radius 1 is 1.16 bits per heavy atom. The molecule has 0 spiro atoms. The molecule has 1 saturated heterocycles. The minimum absolute atomic E-state index is 0.0234. The van der Waals surface area contributed by atoms with E-state index in [2.05, 4.69) is 0 Å². The standard InChI is InChI=1S/C25H28ClNO5/c1-5-7-12-27-21(16-8-10-17(11-9-16)32-6-2)20(23(29)25(27)30)22(28)18-13-15(3)14-19(26)24(18)31-4/h8-11,13-14,21,28H,5-7,12H2,1-4H3/b22-20+. The third-order valence-electron chi connectivity index (χ3n) is 5.45. The molecule has 1 aliphatic heterocycles. The molecule has 0 saturated carbocycles. The molecule has 1 atom stereocenters. The first-order valence-electron chi connectivity index (χ1n) is 10.7. The average Bonchev–Trinajstić information content (AvgIpc) is 3.02. The maximum atomic E-state index is 13.1. The van der Waals surface area contributed by atoms with Gasteiger partial charge in [-0.1, -0.05) is 37.1 Å². The molecule has 1 aliphatic rings. The molecule has 170 valence electrons. The summed E-state index contributed by atoms with van der Waals surface area (Å²) in [6.45, 7) is 6.67. The molecule has 3 rings (SSSR count). The lowest BCUT2D eigenvalue weighted by atomic mass is 9.94. The van der Waals surface area contributed by atoms with Crippen molar-refractivity contribution < 1.29 is 24.2 Å². The lowest BCUT2D eigenvalue weighted by Crippen LogP contribution is -2.30. The molecule has 1 fully saturated rings. The summed E-state index contributed by atoms with van der Waals surface area (Å²) in [4.78, 5) is 27.6. The average molecular weight is 458 g/mol. The second kappa shape index (κ2) is 10.1. The molecular formula is C25H28ClNO5. The van der Waals surface area contributed by atoms with E-state index in [1.165, 1.54) is 12.0 Å². The second-order valence-corrected chi connectivity index (χ2v) is 8.08. The molecule has 1 amide bonds. The highest BCUT2D eigenvalue weighted by atomic mass is 35.5. The topological polar surface area (TPSA) is 76.1 Å². The van der Waals surface area contributed by atoms with Crippen LogP contribution < -0.4 is 9.47 Å². The Kier molecular flexibility index (Phi) is 7.46. The first kappa shape index (κ1) is 23.7. The molecule has 2 aromatic carbocycles. The molecular weight excluding hydrogens is 430 g/mol. The monoisotopic (exact) mass is 457 g/mol. The Balaban J connectivity index is 2.21. The number of halogens is 1. The number of Topliss-reactive ketones (excluding diaryl/α,β-unsaturated/α-hetero) is 1. The zero-order valence-corrected chi connectivity index (χ0v) is 19.5. The van der Waals surface area contributed by atoms with Gasteiger partial charge in [0, 0.05) is 6.54 Å². The van der Waals surface area contributed by atoms with Crippen molar-refractivity contribution in [3.63, 3.8) is 0 Å². The highest BCUT2D eigenvalue weighted by Gasteiger charge is 2.46. The second-order valence-electron chi connectivity index (χ2n) is 7.68. The third-order valence-corrected chi connectivity index (χ3v) is 5.73. The van der Waals surface area contributed by atoms with Gasteiger partial charge in [0.15, 0.2) is 0 Å². The van der Waals surface area contributed by atoms with Crippen molar-refractivity contribution in [3.05, 3.63) is 63.7 Å². The summed E-state index contributed by atoms with van der Waals surface area (Å²) in [6, 6.07) is 9.89. The largest absolute Gasteiger partial charge is 0.507 e. The zero-order valence-electron chi connectivity index (χ0n) is 18.8. The van der Waals surface area contributed by atoms with E-state index in [4.69, 9.17) is 21.1 Å². The van der Waals surface area contributed by atoms with Crippen LogP contribution in [0.5, 0.6) is 11.5 Å². The molecule has 0 aliphatic carbocycles. The van der Waals surface area contributed by atoms with Gasteiger partial charge < -0.3 is 19.5 Å². The van der Waals surface area contributed by atoms with Crippen LogP contribution in [-0.2, 0) is 9.59 Å². The van der Waals surface area contributed by atoms with Crippen LogP contribution in [0.25, 0.3) is 5.76 Å². The molecule has 0 bridgehead atoms. The molecule has 7 heteroatoms. The summed E-state index contributed by atoms with van der Waals surface area (Å²) in [5, 5.41) is 11.6. The van der Waals surface area contributed by atoms with E-state index >= 15 is 0 Å². The van der Waals surface area contributed by atoms with Gasteiger partial charge in [0.05, 0.1) is 35.9 Å². The number of aliphatic hydroxyl groups is 1. The number of hydrogen-bond acceptors (Lipinski definition) is 5. The van der Waals surface area contributed by atoms with Gasteiger partial charge in [0.1, 0.15) is 17.3 Å². The number of amides is 1. The van der Waals surface area contributed by atoms with Crippen molar-refractivity contribution in [1.82, 2.24) is 4.90 Å². The van der Waals surface area contributed by atoms with Crippen molar-refractivity contribution >= 4 is 29.1 Å².